The fraction of sp³-hybridized carbons (Fsp3) is 0.281. The molecule has 0 saturated carbocycles. The lowest BCUT2D eigenvalue weighted by atomic mass is 9.93. The Kier molecular flexibility index (Phi) is 8.98. The van der Waals surface area contributed by atoms with Crippen molar-refractivity contribution in [3.05, 3.63) is 95.6 Å². The summed E-state index contributed by atoms with van der Waals surface area (Å²) in [6, 6.07) is 24.3. The van der Waals surface area contributed by atoms with Gasteiger partial charge in [-0.1, -0.05) is 74.5 Å². The van der Waals surface area contributed by atoms with Crippen LogP contribution in [0.15, 0.2) is 72.8 Å². The third-order valence-corrected chi connectivity index (χ3v) is 7.18. The number of rotatable bonds is 11. The zero-order valence-corrected chi connectivity index (χ0v) is 23.9. The van der Waals surface area contributed by atoms with Crippen molar-refractivity contribution in [2.45, 2.75) is 52.3 Å². The Labute approximate surface area is 247 Å². The molecule has 0 aliphatic rings. The number of nitrogens with one attached hydrogen (secondary N) is 2. The van der Waals surface area contributed by atoms with Crippen LogP contribution in [0.25, 0.3) is 33.6 Å². The maximum atomic E-state index is 12.7. The van der Waals surface area contributed by atoms with E-state index in [4.69, 9.17) is 4.98 Å². The fourth-order valence-electron chi connectivity index (χ4n) is 5.12. The van der Waals surface area contributed by atoms with Gasteiger partial charge in [0.25, 0.3) is 0 Å². The molecule has 0 aliphatic carbocycles. The number of aromatic nitrogens is 6. The maximum absolute atomic E-state index is 12.7. The zero-order chi connectivity index (χ0) is 30.4. The van der Waals surface area contributed by atoms with Crippen molar-refractivity contribution < 1.29 is 18.0 Å². The highest BCUT2D eigenvalue weighted by Gasteiger charge is 2.28. The Bertz CT molecular complexity index is 1660. The third-order valence-electron chi connectivity index (χ3n) is 7.18. The fourth-order valence-corrected chi connectivity index (χ4v) is 5.12. The van der Waals surface area contributed by atoms with Gasteiger partial charge in [0.05, 0.1) is 17.8 Å². The van der Waals surface area contributed by atoms with Crippen LogP contribution in [0.1, 0.15) is 43.0 Å². The minimum absolute atomic E-state index is 0.172. The van der Waals surface area contributed by atoms with Gasteiger partial charge in [0, 0.05) is 18.5 Å². The van der Waals surface area contributed by atoms with E-state index >= 15 is 0 Å². The lowest BCUT2D eigenvalue weighted by Crippen LogP contribution is -2.35. The standard InChI is InChI=1S/C32H32F3N7O/c1-3-8-29-37-27(4-2)28(18-30(43)36-20-32(33,34)35)42(29)19-21-11-13-23(14-12-21)26-17-24(22-9-6-5-7-10-22)15-16-25(26)31-38-40-41-39-31/h5-7,9-17H,3-4,8,18-20H2,1-2H3,(H,36,43)(H,38,39,40,41). The summed E-state index contributed by atoms with van der Waals surface area (Å²) in [6.45, 7) is 3.05. The Morgan fingerprint density at radius 2 is 1.67 bits per heavy atom. The molecule has 0 unspecified atom stereocenters. The predicted molar refractivity (Wildman–Crippen MR) is 158 cm³/mol. The highest BCUT2D eigenvalue weighted by atomic mass is 19.4. The molecule has 11 heteroatoms. The van der Waals surface area contributed by atoms with E-state index in [2.05, 4.69) is 38.8 Å². The van der Waals surface area contributed by atoms with Crippen LogP contribution < -0.4 is 5.32 Å². The number of hydrogen-bond acceptors (Lipinski definition) is 5. The molecule has 2 heterocycles. The smallest absolute Gasteiger partial charge is 0.347 e. The second kappa shape index (κ2) is 13.0. The van der Waals surface area contributed by atoms with Crippen LogP contribution in [0.4, 0.5) is 13.2 Å². The van der Waals surface area contributed by atoms with E-state index in [0.717, 1.165) is 51.3 Å². The molecule has 2 aromatic heterocycles. The molecule has 0 spiro atoms. The van der Waals surface area contributed by atoms with Gasteiger partial charge in [-0.2, -0.15) is 18.4 Å². The summed E-state index contributed by atoms with van der Waals surface area (Å²) >= 11 is 0. The van der Waals surface area contributed by atoms with Crippen LogP contribution in [-0.4, -0.2) is 48.8 Å². The van der Waals surface area contributed by atoms with E-state index in [9.17, 15) is 18.0 Å². The van der Waals surface area contributed by atoms with Crippen molar-refractivity contribution in [1.29, 1.82) is 0 Å². The lowest BCUT2D eigenvalue weighted by molar-refractivity contribution is -0.138. The number of tetrazole rings is 1. The summed E-state index contributed by atoms with van der Waals surface area (Å²) in [5.74, 6) is 0.623. The van der Waals surface area contributed by atoms with Gasteiger partial charge in [-0.15, -0.1) is 10.2 Å². The van der Waals surface area contributed by atoms with Crippen LogP contribution in [0.5, 0.6) is 0 Å². The molecule has 0 saturated heterocycles. The number of imidazole rings is 1. The molecule has 0 radical (unpaired) electrons. The van der Waals surface area contributed by atoms with Gasteiger partial charge in [-0.25, -0.2) is 4.98 Å². The zero-order valence-electron chi connectivity index (χ0n) is 23.9. The monoisotopic (exact) mass is 587 g/mol. The topological polar surface area (TPSA) is 101 Å². The van der Waals surface area contributed by atoms with Crippen molar-refractivity contribution in [2.24, 2.45) is 0 Å². The Morgan fingerprint density at radius 3 is 2.33 bits per heavy atom. The minimum Gasteiger partial charge on any atom is -0.347 e. The Balaban J connectivity index is 1.46. The molecule has 5 rings (SSSR count). The molecule has 2 N–H and O–H groups in total. The highest BCUT2D eigenvalue weighted by molar-refractivity contribution is 5.85. The number of benzene rings is 3. The second-order valence-electron chi connectivity index (χ2n) is 10.2. The molecule has 3 aromatic carbocycles. The molecule has 5 aromatic rings. The summed E-state index contributed by atoms with van der Waals surface area (Å²) in [7, 11) is 0. The van der Waals surface area contributed by atoms with Gasteiger partial charge in [0.15, 0.2) is 0 Å². The quantitative estimate of drug-likeness (QED) is 0.192. The predicted octanol–water partition coefficient (Wildman–Crippen LogP) is 6.18. The number of carbonyl (C=O) groups is 1. The number of hydrogen-bond donors (Lipinski definition) is 2. The lowest BCUT2D eigenvalue weighted by Gasteiger charge is -2.15. The first-order chi connectivity index (χ1) is 20.8. The first-order valence-electron chi connectivity index (χ1n) is 14.2. The molecule has 1 amide bonds. The van der Waals surface area contributed by atoms with E-state index in [0.29, 0.717) is 30.9 Å². The number of carbonyl (C=O) groups excluding carboxylic acids is 1. The number of H-pyrrole nitrogens is 1. The molecular formula is C32H32F3N7O. The number of aromatic amines is 1. The summed E-state index contributed by atoms with van der Waals surface area (Å²) in [6.07, 6.45) is -2.54. The molecule has 0 fully saturated rings. The molecule has 0 atom stereocenters. The molecule has 0 aliphatic heterocycles. The number of nitrogens with zero attached hydrogens (tertiary/aromatic N) is 5. The normalized spacial score (nSPS) is 11.6. The Hall–Kier alpha value is -4.80. The largest absolute Gasteiger partial charge is 0.405 e. The van der Waals surface area contributed by atoms with Gasteiger partial charge in [-0.3, -0.25) is 4.79 Å². The molecule has 222 valence electrons. The van der Waals surface area contributed by atoms with Gasteiger partial charge in [0.1, 0.15) is 12.4 Å². The van der Waals surface area contributed by atoms with Crippen molar-refractivity contribution >= 4 is 5.91 Å². The average Bonchev–Trinajstić information content (AvgIpc) is 3.66. The number of halogens is 3. The van der Waals surface area contributed by atoms with Crippen molar-refractivity contribution in [1.82, 2.24) is 35.5 Å². The van der Waals surface area contributed by atoms with Crippen molar-refractivity contribution in [3.8, 4) is 33.6 Å². The van der Waals surface area contributed by atoms with Crippen LogP contribution in [-0.2, 0) is 30.6 Å². The first-order valence-corrected chi connectivity index (χ1v) is 14.2. The maximum Gasteiger partial charge on any atom is 0.405 e. The second-order valence-corrected chi connectivity index (χ2v) is 10.2. The van der Waals surface area contributed by atoms with E-state index in [-0.39, 0.29) is 6.42 Å². The van der Waals surface area contributed by atoms with Crippen LogP contribution >= 0.6 is 0 Å². The highest BCUT2D eigenvalue weighted by Crippen LogP contribution is 2.34. The first kappa shape index (κ1) is 29.7. The molecule has 0 bridgehead atoms. The SMILES string of the molecule is CCCc1nc(CC)c(CC(=O)NCC(F)(F)F)n1Cc1ccc(-c2cc(-c3ccccc3)ccc2-c2nn[nH]n2)cc1. The minimum atomic E-state index is -4.47. The number of aryl methyl sites for hydroxylation is 2. The number of amides is 1. The van der Waals surface area contributed by atoms with E-state index in [1.54, 1.807) is 0 Å². The van der Waals surface area contributed by atoms with Gasteiger partial charge < -0.3 is 9.88 Å². The molecule has 8 nitrogen and oxygen atoms in total. The van der Waals surface area contributed by atoms with E-state index in [1.165, 1.54) is 0 Å². The summed E-state index contributed by atoms with van der Waals surface area (Å²) < 4.78 is 40.1. The summed E-state index contributed by atoms with van der Waals surface area (Å²) in [5, 5.41) is 16.6. The van der Waals surface area contributed by atoms with Gasteiger partial charge in [-0.05, 0) is 58.0 Å². The van der Waals surface area contributed by atoms with E-state index < -0.39 is 18.6 Å². The van der Waals surface area contributed by atoms with Gasteiger partial charge in [0.2, 0.25) is 11.7 Å². The van der Waals surface area contributed by atoms with Crippen LogP contribution in [0.2, 0.25) is 0 Å². The van der Waals surface area contributed by atoms with Crippen LogP contribution in [0, 0.1) is 0 Å². The third kappa shape index (κ3) is 7.17. The van der Waals surface area contributed by atoms with E-state index in [1.807, 2.05) is 78.3 Å². The van der Waals surface area contributed by atoms with Crippen molar-refractivity contribution in [2.75, 3.05) is 6.54 Å². The number of alkyl halides is 3. The van der Waals surface area contributed by atoms with Gasteiger partial charge >= 0.3 is 6.18 Å². The average molecular weight is 588 g/mol. The van der Waals surface area contributed by atoms with Crippen molar-refractivity contribution in [3.63, 3.8) is 0 Å². The summed E-state index contributed by atoms with van der Waals surface area (Å²) in [4.78, 5) is 17.2. The molecule has 43 heavy (non-hydrogen) atoms. The molecular weight excluding hydrogens is 555 g/mol. The Morgan fingerprint density at radius 1 is 0.930 bits per heavy atom. The van der Waals surface area contributed by atoms with Crippen LogP contribution in [0.3, 0.4) is 0 Å². The summed E-state index contributed by atoms with van der Waals surface area (Å²) in [5.41, 5.74) is 7.21.